The van der Waals surface area contributed by atoms with E-state index in [0.717, 1.165) is 4.90 Å². The van der Waals surface area contributed by atoms with Gasteiger partial charge in [0.2, 0.25) is 0 Å². The number of amides is 3. The van der Waals surface area contributed by atoms with Gasteiger partial charge in [-0.05, 0) is 24.3 Å². The molecule has 0 aliphatic carbocycles. The number of nitrogens with zero attached hydrogens (tertiary/aromatic N) is 1. The third-order valence-corrected chi connectivity index (χ3v) is 3.66. The van der Waals surface area contributed by atoms with Crippen molar-refractivity contribution in [3.8, 4) is 0 Å². The quantitative estimate of drug-likeness (QED) is 0.653. The summed E-state index contributed by atoms with van der Waals surface area (Å²) in [6, 6.07) is 14.8. The highest BCUT2D eigenvalue weighted by molar-refractivity contribution is 6.21. The minimum absolute atomic E-state index is 0.279. The maximum Gasteiger partial charge on any atom is 0.327 e. The lowest BCUT2D eigenvalue weighted by molar-refractivity contribution is -0.145. The highest BCUT2D eigenvalue weighted by Gasteiger charge is 2.35. The minimum Gasteiger partial charge on any atom is -0.442 e. The Morgan fingerprint density at radius 1 is 0.880 bits per heavy atom. The molecule has 0 atom stereocenters. The van der Waals surface area contributed by atoms with Crippen molar-refractivity contribution < 1.29 is 23.9 Å². The van der Waals surface area contributed by atoms with Gasteiger partial charge in [0.15, 0.2) is 6.73 Å². The SMILES string of the molecule is O=C(CNC(=O)c1ccccc1)OCN1C(=O)c2ccccc2C1=O. The van der Waals surface area contributed by atoms with Crippen molar-refractivity contribution >= 4 is 23.7 Å². The van der Waals surface area contributed by atoms with Gasteiger partial charge in [0.1, 0.15) is 6.54 Å². The van der Waals surface area contributed by atoms with Crippen LogP contribution < -0.4 is 5.32 Å². The van der Waals surface area contributed by atoms with Gasteiger partial charge in [0.05, 0.1) is 11.1 Å². The van der Waals surface area contributed by atoms with E-state index >= 15 is 0 Å². The molecule has 0 saturated carbocycles. The summed E-state index contributed by atoms with van der Waals surface area (Å²) in [6.45, 7) is -0.858. The Hall–Kier alpha value is -3.48. The first-order valence-corrected chi connectivity index (χ1v) is 7.52. The van der Waals surface area contributed by atoms with Crippen molar-refractivity contribution in [3.63, 3.8) is 0 Å². The summed E-state index contributed by atoms with van der Waals surface area (Å²) in [7, 11) is 0. The van der Waals surface area contributed by atoms with E-state index < -0.39 is 30.4 Å². The van der Waals surface area contributed by atoms with Gasteiger partial charge < -0.3 is 10.1 Å². The van der Waals surface area contributed by atoms with Gasteiger partial charge in [-0.15, -0.1) is 0 Å². The second-order valence-electron chi connectivity index (χ2n) is 5.28. The number of esters is 1. The lowest BCUT2D eigenvalue weighted by Gasteiger charge is -2.14. The summed E-state index contributed by atoms with van der Waals surface area (Å²) >= 11 is 0. The highest BCUT2D eigenvalue weighted by atomic mass is 16.5. The summed E-state index contributed by atoms with van der Waals surface area (Å²) in [4.78, 5) is 48.6. The van der Waals surface area contributed by atoms with E-state index in [0.29, 0.717) is 5.56 Å². The number of carbonyl (C=O) groups excluding carboxylic acids is 4. The van der Waals surface area contributed by atoms with Gasteiger partial charge in [0.25, 0.3) is 17.7 Å². The van der Waals surface area contributed by atoms with E-state index in [4.69, 9.17) is 4.74 Å². The smallest absolute Gasteiger partial charge is 0.327 e. The number of ether oxygens (including phenoxy) is 1. The molecule has 0 radical (unpaired) electrons. The molecule has 7 heteroatoms. The van der Waals surface area contributed by atoms with Crippen LogP contribution in [0.4, 0.5) is 0 Å². The van der Waals surface area contributed by atoms with Crippen molar-refractivity contribution in [2.24, 2.45) is 0 Å². The van der Waals surface area contributed by atoms with Crippen molar-refractivity contribution in [2.75, 3.05) is 13.3 Å². The Morgan fingerprint density at radius 3 is 2.04 bits per heavy atom. The Bertz CT molecular complexity index is 813. The van der Waals surface area contributed by atoms with Crippen molar-refractivity contribution in [1.29, 1.82) is 0 Å². The molecule has 0 bridgehead atoms. The topological polar surface area (TPSA) is 92.8 Å². The Kier molecular flexibility index (Phi) is 4.56. The van der Waals surface area contributed by atoms with Crippen LogP contribution in [-0.2, 0) is 9.53 Å². The third-order valence-electron chi connectivity index (χ3n) is 3.66. The van der Waals surface area contributed by atoms with Crippen LogP contribution >= 0.6 is 0 Å². The molecule has 0 saturated heterocycles. The van der Waals surface area contributed by atoms with Gasteiger partial charge in [-0.1, -0.05) is 30.3 Å². The van der Waals surface area contributed by atoms with Crippen molar-refractivity contribution in [3.05, 3.63) is 71.3 Å². The van der Waals surface area contributed by atoms with Crippen LogP contribution in [0.25, 0.3) is 0 Å². The molecule has 3 amide bonds. The molecule has 3 rings (SSSR count). The predicted octanol–water partition coefficient (Wildman–Crippen LogP) is 1.21. The fourth-order valence-corrected chi connectivity index (χ4v) is 2.39. The number of hydrogen-bond donors (Lipinski definition) is 1. The molecule has 1 aliphatic heterocycles. The summed E-state index contributed by atoms with van der Waals surface area (Å²) in [5.41, 5.74) is 0.970. The van der Waals surface area contributed by atoms with Crippen molar-refractivity contribution in [2.45, 2.75) is 0 Å². The standard InChI is InChI=1S/C18H14N2O5/c21-15(10-19-16(22)12-6-2-1-3-7-12)25-11-20-17(23)13-8-4-5-9-14(13)18(20)24/h1-9H,10-11H2,(H,19,22). The van der Waals surface area contributed by atoms with Gasteiger partial charge in [-0.25, -0.2) is 4.90 Å². The van der Waals surface area contributed by atoms with Crippen LogP contribution in [0, 0.1) is 0 Å². The number of rotatable bonds is 5. The monoisotopic (exact) mass is 338 g/mol. The molecule has 0 fully saturated rings. The molecule has 0 spiro atoms. The largest absolute Gasteiger partial charge is 0.442 e. The molecular weight excluding hydrogens is 324 g/mol. The predicted molar refractivity (Wildman–Crippen MR) is 86.7 cm³/mol. The van der Waals surface area contributed by atoms with E-state index in [1.165, 1.54) is 12.1 Å². The average molecular weight is 338 g/mol. The molecule has 7 nitrogen and oxygen atoms in total. The highest BCUT2D eigenvalue weighted by Crippen LogP contribution is 2.21. The summed E-state index contributed by atoms with van der Waals surface area (Å²) in [5, 5.41) is 2.41. The molecule has 2 aromatic carbocycles. The molecule has 0 aromatic heterocycles. The maximum absolute atomic E-state index is 12.1. The van der Waals surface area contributed by atoms with Crippen LogP contribution in [0.3, 0.4) is 0 Å². The van der Waals surface area contributed by atoms with E-state index in [1.807, 2.05) is 0 Å². The lowest BCUT2D eigenvalue weighted by atomic mass is 10.1. The molecule has 2 aromatic rings. The molecule has 1 N–H and O–H groups in total. The first kappa shape index (κ1) is 16.4. The molecule has 126 valence electrons. The number of carbonyl (C=O) groups is 4. The zero-order chi connectivity index (χ0) is 17.8. The lowest BCUT2D eigenvalue weighted by Crippen LogP contribution is -2.36. The molecule has 1 heterocycles. The number of fused-ring (bicyclic) bond motifs is 1. The normalized spacial score (nSPS) is 12.7. The second-order valence-corrected chi connectivity index (χ2v) is 5.28. The van der Waals surface area contributed by atoms with Gasteiger partial charge >= 0.3 is 5.97 Å². The first-order valence-electron chi connectivity index (χ1n) is 7.52. The van der Waals surface area contributed by atoms with Gasteiger partial charge in [-0.2, -0.15) is 0 Å². The van der Waals surface area contributed by atoms with E-state index in [9.17, 15) is 19.2 Å². The number of hydrogen-bond acceptors (Lipinski definition) is 5. The Morgan fingerprint density at radius 2 is 1.44 bits per heavy atom. The minimum atomic E-state index is -0.749. The first-order chi connectivity index (χ1) is 12.1. The Balaban J connectivity index is 1.51. The number of benzene rings is 2. The van der Waals surface area contributed by atoms with E-state index in [-0.39, 0.29) is 17.7 Å². The number of nitrogens with one attached hydrogen (secondary N) is 1. The molecular formula is C18H14N2O5. The summed E-state index contributed by atoms with van der Waals surface area (Å²) in [6.07, 6.45) is 0. The zero-order valence-electron chi connectivity index (χ0n) is 13.1. The summed E-state index contributed by atoms with van der Waals surface area (Å²) in [5.74, 6) is -2.19. The fraction of sp³-hybridized carbons (Fsp3) is 0.111. The van der Waals surface area contributed by atoms with E-state index in [2.05, 4.69) is 5.32 Å². The van der Waals surface area contributed by atoms with Gasteiger partial charge in [0, 0.05) is 5.56 Å². The van der Waals surface area contributed by atoms with Crippen LogP contribution in [0.5, 0.6) is 0 Å². The van der Waals surface area contributed by atoms with Crippen LogP contribution in [-0.4, -0.2) is 41.9 Å². The Labute approximate surface area is 143 Å². The van der Waals surface area contributed by atoms with E-state index in [1.54, 1.807) is 42.5 Å². The van der Waals surface area contributed by atoms with Gasteiger partial charge in [-0.3, -0.25) is 19.2 Å². The average Bonchev–Trinajstić information content (AvgIpc) is 2.89. The summed E-state index contributed by atoms with van der Waals surface area (Å²) < 4.78 is 4.91. The molecule has 25 heavy (non-hydrogen) atoms. The van der Waals surface area contributed by atoms with Crippen LogP contribution in [0.2, 0.25) is 0 Å². The van der Waals surface area contributed by atoms with Crippen molar-refractivity contribution in [1.82, 2.24) is 10.2 Å². The molecule has 0 unspecified atom stereocenters. The number of imide groups is 1. The van der Waals surface area contributed by atoms with Crippen LogP contribution in [0.1, 0.15) is 31.1 Å². The maximum atomic E-state index is 12.1. The fourth-order valence-electron chi connectivity index (χ4n) is 2.39. The zero-order valence-corrected chi connectivity index (χ0v) is 13.1. The second kappa shape index (κ2) is 6.96. The third kappa shape index (κ3) is 3.40. The molecule has 1 aliphatic rings. The van der Waals surface area contributed by atoms with Crippen LogP contribution in [0.15, 0.2) is 54.6 Å².